The molecule has 2 unspecified atom stereocenters. The molecular formula is C19H27N3O. The van der Waals surface area contributed by atoms with E-state index < -0.39 is 0 Å². The molecule has 0 aromatic heterocycles. The average molecular weight is 313 g/mol. The van der Waals surface area contributed by atoms with Crippen LogP contribution in [0.2, 0.25) is 0 Å². The predicted molar refractivity (Wildman–Crippen MR) is 91.1 cm³/mol. The van der Waals surface area contributed by atoms with E-state index in [9.17, 15) is 4.79 Å². The number of hydrogen-bond donors (Lipinski definition) is 1. The third-order valence-corrected chi connectivity index (χ3v) is 5.85. The molecule has 0 spiro atoms. The van der Waals surface area contributed by atoms with Crippen molar-refractivity contribution in [1.29, 1.82) is 0 Å². The van der Waals surface area contributed by atoms with Crippen molar-refractivity contribution < 1.29 is 4.79 Å². The largest absolute Gasteiger partial charge is 0.338 e. The molecule has 4 heteroatoms. The summed E-state index contributed by atoms with van der Waals surface area (Å²) in [7, 11) is 0. The number of nitrogens with two attached hydrogens (primary N) is 1. The Hall–Kier alpha value is -1.39. The molecule has 1 saturated carbocycles. The molecule has 3 fully saturated rings. The van der Waals surface area contributed by atoms with Gasteiger partial charge in [0.25, 0.3) is 5.91 Å². The van der Waals surface area contributed by atoms with Crippen molar-refractivity contribution in [1.82, 2.24) is 9.80 Å². The number of carbonyl (C=O) groups is 1. The maximum atomic E-state index is 12.8. The third-order valence-electron chi connectivity index (χ3n) is 5.85. The number of benzene rings is 1. The number of carbonyl (C=O) groups excluding carboxylic acids is 1. The summed E-state index contributed by atoms with van der Waals surface area (Å²) in [6, 6.07) is 9.36. The van der Waals surface area contributed by atoms with E-state index in [2.05, 4.69) is 9.80 Å². The minimum absolute atomic E-state index is 0.190. The molecular weight excluding hydrogens is 286 g/mol. The lowest BCUT2D eigenvalue weighted by atomic mass is 9.83. The molecule has 23 heavy (non-hydrogen) atoms. The van der Waals surface area contributed by atoms with Gasteiger partial charge in [0.1, 0.15) is 0 Å². The van der Waals surface area contributed by atoms with Crippen molar-refractivity contribution >= 4 is 5.91 Å². The molecule has 124 valence electrons. The van der Waals surface area contributed by atoms with Crippen molar-refractivity contribution in [2.75, 3.05) is 19.6 Å². The molecule has 2 atom stereocenters. The van der Waals surface area contributed by atoms with Crippen LogP contribution >= 0.6 is 0 Å². The van der Waals surface area contributed by atoms with Gasteiger partial charge in [0.05, 0.1) is 0 Å². The monoisotopic (exact) mass is 313 g/mol. The van der Waals surface area contributed by atoms with Crippen molar-refractivity contribution in [3.8, 4) is 0 Å². The fraction of sp³-hybridized carbons (Fsp3) is 0.632. The molecule has 4 rings (SSSR count). The van der Waals surface area contributed by atoms with Gasteiger partial charge in [0.2, 0.25) is 0 Å². The molecule has 2 N–H and O–H groups in total. The number of fused-ring (bicyclic) bond motifs is 1. The summed E-state index contributed by atoms with van der Waals surface area (Å²) in [6.07, 6.45) is 6.50. The summed E-state index contributed by atoms with van der Waals surface area (Å²) < 4.78 is 0. The molecule has 1 aromatic carbocycles. The van der Waals surface area contributed by atoms with E-state index in [1.165, 1.54) is 32.2 Å². The third kappa shape index (κ3) is 3.02. The number of nitrogens with zero attached hydrogens (tertiary/aromatic N) is 2. The first kappa shape index (κ1) is 15.2. The zero-order valence-electron chi connectivity index (χ0n) is 13.8. The highest BCUT2D eigenvalue weighted by molar-refractivity contribution is 5.94. The normalized spacial score (nSPS) is 28.5. The predicted octanol–water partition coefficient (Wildman–Crippen LogP) is 2.23. The summed E-state index contributed by atoms with van der Waals surface area (Å²) in [5.74, 6) is 0.862. The standard InChI is InChI=1S/C19H27N3O/c20-12-14-3-5-15(6-4-14)19(23)21-11-9-18-16(13-21)2-1-10-22(18)17-7-8-17/h3-6,16-18H,1-2,7-13,20H2. The molecule has 2 saturated heterocycles. The lowest BCUT2D eigenvalue weighted by Crippen LogP contribution is -2.55. The molecule has 3 aliphatic rings. The van der Waals surface area contributed by atoms with E-state index in [0.717, 1.165) is 42.7 Å². The quantitative estimate of drug-likeness (QED) is 0.931. The minimum Gasteiger partial charge on any atom is -0.338 e. The van der Waals surface area contributed by atoms with Crippen LogP contribution in [0.15, 0.2) is 24.3 Å². The minimum atomic E-state index is 0.190. The van der Waals surface area contributed by atoms with Crippen molar-refractivity contribution in [3.63, 3.8) is 0 Å². The molecule has 2 aliphatic heterocycles. The SMILES string of the molecule is NCc1ccc(C(=O)N2CCC3C(CCCN3C3CC3)C2)cc1. The highest BCUT2D eigenvalue weighted by Gasteiger charge is 2.42. The smallest absolute Gasteiger partial charge is 0.253 e. The Bertz CT molecular complexity index is 566. The van der Waals surface area contributed by atoms with Crippen LogP contribution in [0.5, 0.6) is 0 Å². The summed E-state index contributed by atoms with van der Waals surface area (Å²) in [5, 5.41) is 0. The molecule has 2 heterocycles. The zero-order chi connectivity index (χ0) is 15.8. The topological polar surface area (TPSA) is 49.6 Å². The Morgan fingerprint density at radius 3 is 2.57 bits per heavy atom. The highest BCUT2D eigenvalue weighted by Crippen LogP contribution is 2.38. The van der Waals surface area contributed by atoms with E-state index in [1.807, 2.05) is 24.3 Å². The van der Waals surface area contributed by atoms with Gasteiger partial charge in [0, 0.05) is 37.3 Å². The number of likely N-dealkylation sites (tertiary alicyclic amines) is 2. The highest BCUT2D eigenvalue weighted by atomic mass is 16.2. The Morgan fingerprint density at radius 2 is 1.87 bits per heavy atom. The van der Waals surface area contributed by atoms with Crippen LogP contribution in [0.3, 0.4) is 0 Å². The van der Waals surface area contributed by atoms with Crippen LogP contribution in [0.25, 0.3) is 0 Å². The molecule has 4 nitrogen and oxygen atoms in total. The first-order valence-corrected chi connectivity index (χ1v) is 9.10. The van der Waals surface area contributed by atoms with Crippen molar-refractivity contribution in [2.24, 2.45) is 11.7 Å². The van der Waals surface area contributed by atoms with Gasteiger partial charge in [-0.15, -0.1) is 0 Å². The van der Waals surface area contributed by atoms with Crippen LogP contribution in [0, 0.1) is 5.92 Å². The first-order chi connectivity index (χ1) is 11.3. The molecule has 1 aromatic rings. The lowest BCUT2D eigenvalue weighted by Gasteiger charge is -2.47. The van der Waals surface area contributed by atoms with Gasteiger partial charge in [-0.2, -0.15) is 0 Å². The van der Waals surface area contributed by atoms with Gasteiger partial charge in [-0.25, -0.2) is 0 Å². The van der Waals surface area contributed by atoms with Crippen LogP contribution in [-0.2, 0) is 6.54 Å². The zero-order valence-corrected chi connectivity index (χ0v) is 13.8. The van der Waals surface area contributed by atoms with E-state index in [1.54, 1.807) is 0 Å². The van der Waals surface area contributed by atoms with Crippen LogP contribution < -0.4 is 5.73 Å². The Balaban J connectivity index is 1.43. The van der Waals surface area contributed by atoms with E-state index in [0.29, 0.717) is 12.5 Å². The number of rotatable bonds is 3. The second-order valence-corrected chi connectivity index (χ2v) is 7.38. The van der Waals surface area contributed by atoms with Crippen LogP contribution in [0.1, 0.15) is 48.0 Å². The van der Waals surface area contributed by atoms with Gasteiger partial charge < -0.3 is 10.6 Å². The Labute approximate surface area is 138 Å². The average Bonchev–Trinajstić information content (AvgIpc) is 3.45. The molecule has 0 radical (unpaired) electrons. The lowest BCUT2D eigenvalue weighted by molar-refractivity contribution is 0.0174. The summed E-state index contributed by atoms with van der Waals surface area (Å²) in [6.45, 7) is 3.65. The maximum absolute atomic E-state index is 12.8. The number of hydrogen-bond acceptors (Lipinski definition) is 3. The van der Waals surface area contributed by atoms with Gasteiger partial charge in [-0.05, 0) is 62.3 Å². The number of amides is 1. The number of piperidine rings is 2. The fourth-order valence-electron chi connectivity index (χ4n) is 4.45. The van der Waals surface area contributed by atoms with Gasteiger partial charge in [-0.3, -0.25) is 9.69 Å². The second kappa shape index (κ2) is 6.25. The molecule has 0 bridgehead atoms. The van der Waals surface area contributed by atoms with E-state index in [4.69, 9.17) is 5.73 Å². The Kier molecular flexibility index (Phi) is 4.12. The Morgan fingerprint density at radius 1 is 1.09 bits per heavy atom. The maximum Gasteiger partial charge on any atom is 0.253 e. The van der Waals surface area contributed by atoms with Crippen molar-refractivity contribution in [2.45, 2.75) is 50.7 Å². The van der Waals surface area contributed by atoms with E-state index >= 15 is 0 Å². The van der Waals surface area contributed by atoms with Crippen molar-refractivity contribution in [3.05, 3.63) is 35.4 Å². The van der Waals surface area contributed by atoms with Gasteiger partial charge in [0.15, 0.2) is 0 Å². The van der Waals surface area contributed by atoms with E-state index in [-0.39, 0.29) is 5.91 Å². The van der Waals surface area contributed by atoms with Gasteiger partial charge in [-0.1, -0.05) is 12.1 Å². The van der Waals surface area contributed by atoms with Crippen LogP contribution in [-0.4, -0.2) is 47.4 Å². The second-order valence-electron chi connectivity index (χ2n) is 7.38. The van der Waals surface area contributed by atoms with Crippen LogP contribution in [0.4, 0.5) is 0 Å². The summed E-state index contributed by atoms with van der Waals surface area (Å²) >= 11 is 0. The van der Waals surface area contributed by atoms with Gasteiger partial charge >= 0.3 is 0 Å². The molecule has 1 aliphatic carbocycles. The summed E-state index contributed by atoms with van der Waals surface area (Å²) in [4.78, 5) is 17.6. The first-order valence-electron chi connectivity index (χ1n) is 9.10. The molecule has 1 amide bonds. The summed E-state index contributed by atoms with van der Waals surface area (Å²) in [5.41, 5.74) is 7.51. The fourth-order valence-corrected chi connectivity index (χ4v) is 4.45.